The molecule has 0 N–H and O–H groups in total. The van der Waals surface area contributed by atoms with E-state index in [1.165, 1.54) is 6.07 Å². The first-order valence-electron chi connectivity index (χ1n) is 3.20. The number of ether oxygens (including phenoxy) is 1. The second kappa shape index (κ2) is 4.06. The van der Waals surface area contributed by atoms with E-state index in [1.807, 2.05) is 0 Å². The van der Waals surface area contributed by atoms with Crippen LogP contribution in [0.15, 0.2) is 21.1 Å². The van der Waals surface area contributed by atoms with E-state index in [0.29, 0.717) is 0 Å². The third kappa shape index (κ3) is 2.84. The van der Waals surface area contributed by atoms with Gasteiger partial charge < -0.3 is 4.74 Å². The van der Waals surface area contributed by atoms with Crippen LogP contribution in [0.1, 0.15) is 0 Å². The van der Waals surface area contributed by atoms with Crippen LogP contribution >= 0.6 is 31.9 Å². The van der Waals surface area contributed by atoms with Gasteiger partial charge in [-0.05, 0) is 44.0 Å². The molecule has 0 radical (unpaired) electrons. The first kappa shape index (κ1) is 11.8. The molecule has 78 valence electrons. The molecule has 1 aromatic rings. The Morgan fingerprint density at radius 2 is 1.71 bits per heavy atom. The number of alkyl halides is 3. The van der Waals surface area contributed by atoms with Gasteiger partial charge in [-0.25, -0.2) is 4.39 Å². The summed E-state index contributed by atoms with van der Waals surface area (Å²) >= 11 is 5.70. The standard InChI is InChI=1S/C7H2Br2F4O/c8-3-1-2-4(10)6(5(3)9)14-7(11,12)13/h1-2H. The van der Waals surface area contributed by atoms with Crippen LogP contribution in [-0.2, 0) is 0 Å². The van der Waals surface area contributed by atoms with Crippen LogP contribution in [0, 0.1) is 5.82 Å². The molecule has 0 aliphatic carbocycles. The SMILES string of the molecule is Fc1ccc(Br)c(Br)c1OC(F)(F)F. The summed E-state index contributed by atoms with van der Waals surface area (Å²) in [6, 6.07) is 2.14. The molecule has 0 saturated heterocycles. The maximum Gasteiger partial charge on any atom is 0.573 e. The molecule has 0 saturated carbocycles. The van der Waals surface area contributed by atoms with Crippen LogP contribution in [0.5, 0.6) is 5.75 Å². The summed E-state index contributed by atoms with van der Waals surface area (Å²) in [5.74, 6) is -1.97. The molecule has 0 atom stereocenters. The van der Waals surface area contributed by atoms with Crippen molar-refractivity contribution in [1.29, 1.82) is 0 Å². The molecular weight excluding hydrogens is 336 g/mol. The van der Waals surface area contributed by atoms with E-state index in [2.05, 4.69) is 36.6 Å². The predicted octanol–water partition coefficient (Wildman–Crippen LogP) is 4.25. The second-order valence-electron chi connectivity index (χ2n) is 2.22. The highest BCUT2D eigenvalue weighted by molar-refractivity contribution is 9.13. The molecule has 0 spiro atoms. The fraction of sp³-hybridized carbons (Fsp3) is 0.143. The van der Waals surface area contributed by atoms with Crippen molar-refractivity contribution in [2.24, 2.45) is 0 Å². The second-order valence-corrected chi connectivity index (χ2v) is 3.87. The number of hydrogen-bond acceptors (Lipinski definition) is 1. The number of halogens is 6. The summed E-state index contributed by atoms with van der Waals surface area (Å²) in [7, 11) is 0. The van der Waals surface area contributed by atoms with Crippen molar-refractivity contribution in [2.75, 3.05) is 0 Å². The average Bonchev–Trinajstić information content (AvgIpc) is 2.04. The third-order valence-electron chi connectivity index (χ3n) is 1.22. The highest BCUT2D eigenvalue weighted by Crippen LogP contribution is 2.37. The average molecular weight is 338 g/mol. The topological polar surface area (TPSA) is 9.23 Å². The van der Waals surface area contributed by atoms with E-state index in [1.54, 1.807) is 0 Å². The van der Waals surface area contributed by atoms with Gasteiger partial charge in [0.1, 0.15) is 0 Å². The van der Waals surface area contributed by atoms with Gasteiger partial charge in [0, 0.05) is 4.47 Å². The monoisotopic (exact) mass is 336 g/mol. The van der Waals surface area contributed by atoms with E-state index in [9.17, 15) is 17.6 Å². The van der Waals surface area contributed by atoms with Gasteiger partial charge in [0.25, 0.3) is 0 Å². The maximum atomic E-state index is 12.9. The molecular formula is C7H2Br2F4O. The Labute approximate surface area is 93.3 Å². The Balaban J connectivity index is 3.13. The molecule has 0 amide bonds. The van der Waals surface area contributed by atoms with Gasteiger partial charge in [-0.2, -0.15) is 0 Å². The van der Waals surface area contributed by atoms with Crippen molar-refractivity contribution < 1.29 is 22.3 Å². The summed E-state index contributed by atoms with van der Waals surface area (Å²) in [5, 5.41) is 0. The Morgan fingerprint density at radius 1 is 1.14 bits per heavy atom. The Hall–Kier alpha value is -0.300. The minimum atomic E-state index is -4.91. The van der Waals surface area contributed by atoms with Crippen molar-refractivity contribution >= 4 is 31.9 Å². The lowest BCUT2D eigenvalue weighted by Gasteiger charge is -2.11. The molecule has 0 bridgehead atoms. The van der Waals surface area contributed by atoms with E-state index < -0.39 is 17.9 Å². The molecule has 14 heavy (non-hydrogen) atoms. The van der Waals surface area contributed by atoms with Gasteiger partial charge in [0.15, 0.2) is 11.6 Å². The zero-order valence-electron chi connectivity index (χ0n) is 6.33. The highest BCUT2D eigenvalue weighted by atomic mass is 79.9. The summed E-state index contributed by atoms with van der Waals surface area (Å²) in [5.41, 5.74) is 0. The lowest BCUT2D eigenvalue weighted by atomic mass is 10.3. The molecule has 0 aliphatic heterocycles. The van der Waals surface area contributed by atoms with Crippen molar-refractivity contribution in [1.82, 2.24) is 0 Å². The van der Waals surface area contributed by atoms with Crippen molar-refractivity contribution in [2.45, 2.75) is 6.36 Å². The molecule has 0 unspecified atom stereocenters. The molecule has 1 rings (SSSR count). The van der Waals surface area contributed by atoms with Gasteiger partial charge in [-0.1, -0.05) is 0 Å². The zero-order valence-corrected chi connectivity index (χ0v) is 9.50. The van der Waals surface area contributed by atoms with E-state index in [0.717, 1.165) is 6.07 Å². The minimum absolute atomic E-state index is 0.116. The molecule has 0 fully saturated rings. The van der Waals surface area contributed by atoms with Gasteiger partial charge >= 0.3 is 6.36 Å². The summed E-state index contributed by atoms with van der Waals surface area (Å²) in [4.78, 5) is 0. The highest BCUT2D eigenvalue weighted by Gasteiger charge is 2.33. The Morgan fingerprint density at radius 3 is 2.21 bits per heavy atom. The largest absolute Gasteiger partial charge is 0.573 e. The number of rotatable bonds is 1. The molecule has 1 aromatic carbocycles. The summed E-state index contributed by atoms with van der Waals surface area (Å²) in [6.07, 6.45) is -4.91. The summed E-state index contributed by atoms with van der Waals surface area (Å²) in [6.45, 7) is 0. The molecule has 0 heterocycles. The molecule has 1 nitrogen and oxygen atoms in total. The molecule has 0 aliphatic rings. The van der Waals surface area contributed by atoms with E-state index >= 15 is 0 Å². The van der Waals surface area contributed by atoms with Crippen molar-refractivity contribution in [3.05, 3.63) is 26.9 Å². The van der Waals surface area contributed by atoms with Gasteiger partial charge in [0.05, 0.1) is 4.47 Å². The maximum absolute atomic E-state index is 12.9. The van der Waals surface area contributed by atoms with E-state index in [4.69, 9.17) is 0 Å². The number of hydrogen-bond donors (Lipinski definition) is 0. The zero-order chi connectivity index (χ0) is 10.9. The lowest BCUT2D eigenvalue weighted by molar-refractivity contribution is -0.275. The van der Waals surface area contributed by atoms with Crippen LogP contribution in [0.4, 0.5) is 17.6 Å². The number of benzene rings is 1. The molecule has 7 heteroatoms. The van der Waals surface area contributed by atoms with Crippen LogP contribution in [0.2, 0.25) is 0 Å². The third-order valence-corrected chi connectivity index (χ3v) is 3.20. The lowest BCUT2D eigenvalue weighted by Crippen LogP contribution is -2.18. The van der Waals surface area contributed by atoms with Crippen LogP contribution in [-0.4, -0.2) is 6.36 Å². The Bertz CT molecular complexity index is 350. The van der Waals surface area contributed by atoms with Gasteiger partial charge in [0.2, 0.25) is 0 Å². The minimum Gasteiger partial charge on any atom is -0.401 e. The van der Waals surface area contributed by atoms with Gasteiger partial charge in [-0.15, -0.1) is 13.2 Å². The van der Waals surface area contributed by atoms with Crippen LogP contribution < -0.4 is 4.74 Å². The fourth-order valence-electron chi connectivity index (χ4n) is 0.718. The molecule has 0 aromatic heterocycles. The van der Waals surface area contributed by atoms with E-state index in [-0.39, 0.29) is 8.95 Å². The first-order chi connectivity index (χ1) is 6.31. The van der Waals surface area contributed by atoms with Crippen LogP contribution in [0.3, 0.4) is 0 Å². The van der Waals surface area contributed by atoms with Gasteiger partial charge in [-0.3, -0.25) is 0 Å². The van der Waals surface area contributed by atoms with Crippen molar-refractivity contribution in [3.63, 3.8) is 0 Å². The fourth-order valence-corrected chi connectivity index (χ4v) is 1.43. The van der Waals surface area contributed by atoms with Crippen LogP contribution in [0.25, 0.3) is 0 Å². The predicted molar refractivity (Wildman–Crippen MR) is 48.5 cm³/mol. The Kier molecular flexibility index (Phi) is 3.41. The smallest absolute Gasteiger partial charge is 0.401 e. The summed E-state index contributed by atoms with van der Waals surface area (Å²) < 4.78 is 52.0. The normalized spacial score (nSPS) is 11.6. The van der Waals surface area contributed by atoms with Crippen molar-refractivity contribution in [3.8, 4) is 5.75 Å². The first-order valence-corrected chi connectivity index (χ1v) is 4.79. The quantitative estimate of drug-likeness (QED) is 0.550.